The Morgan fingerprint density at radius 2 is 1.68 bits per heavy atom. The number of alkyl halides is 3. The van der Waals surface area contributed by atoms with Crippen LogP contribution in [0.25, 0.3) is 10.4 Å². The molecule has 0 bridgehead atoms. The van der Waals surface area contributed by atoms with E-state index in [2.05, 4.69) is 9.46 Å². The fraction of sp³-hybridized carbons (Fsp3) is 0.190. The first-order valence-electron chi connectivity index (χ1n) is 9.12. The van der Waals surface area contributed by atoms with Crippen LogP contribution in [0.15, 0.2) is 59.5 Å². The van der Waals surface area contributed by atoms with Crippen molar-refractivity contribution in [2.45, 2.75) is 31.5 Å². The Bertz CT molecular complexity index is 1190. The molecule has 0 aliphatic rings. The van der Waals surface area contributed by atoms with Crippen molar-refractivity contribution in [1.29, 1.82) is 0 Å². The van der Waals surface area contributed by atoms with Gasteiger partial charge in [0, 0.05) is 11.3 Å². The van der Waals surface area contributed by atoms with Gasteiger partial charge in [-0.2, -0.15) is 0 Å². The SMILES string of the molecule is CCC(=O)c1sc(-c2ccc(OC(F)(F)F)cc2)c(C)c1NS(=O)(=O)c1ccccc1. The Morgan fingerprint density at radius 1 is 1.06 bits per heavy atom. The topological polar surface area (TPSA) is 72.5 Å². The summed E-state index contributed by atoms with van der Waals surface area (Å²) in [7, 11) is -3.94. The maximum absolute atomic E-state index is 12.8. The van der Waals surface area contributed by atoms with Crippen LogP contribution in [0, 0.1) is 6.92 Å². The van der Waals surface area contributed by atoms with Gasteiger partial charge in [-0.05, 0) is 54.4 Å². The third-order valence-electron chi connectivity index (χ3n) is 4.36. The summed E-state index contributed by atoms with van der Waals surface area (Å²) in [6.45, 7) is 3.32. The first-order valence-corrected chi connectivity index (χ1v) is 11.4. The zero-order valence-electron chi connectivity index (χ0n) is 16.5. The molecule has 0 fully saturated rings. The summed E-state index contributed by atoms with van der Waals surface area (Å²) in [5.41, 5.74) is 1.21. The van der Waals surface area contributed by atoms with Crippen molar-refractivity contribution < 1.29 is 31.1 Å². The number of Topliss-reactive ketones (excluding diaryl/α,β-unsaturated/α-hetero) is 1. The highest BCUT2D eigenvalue weighted by molar-refractivity contribution is 7.92. The number of hydrogen-bond acceptors (Lipinski definition) is 5. The minimum absolute atomic E-state index is 0.0469. The molecule has 3 aromatic rings. The van der Waals surface area contributed by atoms with Crippen LogP contribution in [0.2, 0.25) is 0 Å². The number of sulfonamides is 1. The third-order valence-corrected chi connectivity index (χ3v) is 7.11. The van der Waals surface area contributed by atoms with Gasteiger partial charge in [-0.15, -0.1) is 24.5 Å². The molecule has 0 saturated carbocycles. The molecule has 0 amide bonds. The molecule has 1 N–H and O–H groups in total. The van der Waals surface area contributed by atoms with E-state index in [1.165, 1.54) is 24.3 Å². The molecular weight excluding hydrogens is 451 g/mol. The molecule has 31 heavy (non-hydrogen) atoms. The van der Waals surface area contributed by atoms with Crippen molar-refractivity contribution in [3.8, 4) is 16.2 Å². The number of carbonyl (C=O) groups is 1. The van der Waals surface area contributed by atoms with Gasteiger partial charge >= 0.3 is 6.36 Å². The minimum atomic E-state index is -4.80. The summed E-state index contributed by atoms with van der Waals surface area (Å²) >= 11 is 1.09. The van der Waals surface area contributed by atoms with Gasteiger partial charge < -0.3 is 4.74 Å². The van der Waals surface area contributed by atoms with Crippen LogP contribution in [0.3, 0.4) is 0 Å². The number of anilines is 1. The van der Waals surface area contributed by atoms with Crippen LogP contribution in [0.1, 0.15) is 28.6 Å². The van der Waals surface area contributed by atoms with Gasteiger partial charge in [0.2, 0.25) is 0 Å². The van der Waals surface area contributed by atoms with E-state index >= 15 is 0 Å². The van der Waals surface area contributed by atoms with Gasteiger partial charge in [0.1, 0.15) is 5.75 Å². The van der Waals surface area contributed by atoms with Gasteiger partial charge in [0.05, 0.1) is 15.5 Å². The Hall–Kier alpha value is -2.85. The lowest BCUT2D eigenvalue weighted by molar-refractivity contribution is -0.274. The number of ketones is 1. The summed E-state index contributed by atoms with van der Waals surface area (Å²) < 4.78 is 69.1. The summed E-state index contributed by atoms with van der Waals surface area (Å²) in [6.07, 6.45) is -4.64. The first-order chi connectivity index (χ1) is 14.5. The number of ether oxygens (including phenoxy) is 1. The fourth-order valence-electron chi connectivity index (χ4n) is 2.87. The van der Waals surface area contributed by atoms with Gasteiger partial charge in [-0.25, -0.2) is 8.42 Å². The smallest absolute Gasteiger partial charge is 0.406 e. The maximum atomic E-state index is 12.8. The molecule has 0 saturated heterocycles. The van der Waals surface area contributed by atoms with E-state index in [9.17, 15) is 26.4 Å². The molecule has 1 heterocycles. The predicted molar refractivity (Wildman–Crippen MR) is 113 cm³/mol. The molecule has 3 rings (SSSR count). The zero-order valence-corrected chi connectivity index (χ0v) is 18.1. The van der Waals surface area contributed by atoms with Crippen molar-refractivity contribution in [1.82, 2.24) is 0 Å². The van der Waals surface area contributed by atoms with E-state index in [-0.39, 0.29) is 33.4 Å². The largest absolute Gasteiger partial charge is 0.573 e. The van der Waals surface area contributed by atoms with Crippen LogP contribution in [0.4, 0.5) is 18.9 Å². The molecule has 164 valence electrons. The molecule has 0 aliphatic carbocycles. The molecule has 2 aromatic carbocycles. The van der Waals surface area contributed by atoms with Gasteiger partial charge in [0.25, 0.3) is 10.0 Å². The highest BCUT2D eigenvalue weighted by atomic mass is 32.2. The second-order valence-corrected chi connectivity index (χ2v) is 9.23. The third kappa shape index (κ3) is 5.26. The van der Waals surface area contributed by atoms with Crippen LogP contribution >= 0.6 is 11.3 Å². The number of rotatable bonds is 7. The quantitative estimate of drug-likeness (QED) is 0.430. The van der Waals surface area contributed by atoms with Crippen molar-refractivity contribution >= 4 is 32.8 Å². The van der Waals surface area contributed by atoms with Gasteiger partial charge in [0.15, 0.2) is 5.78 Å². The van der Waals surface area contributed by atoms with Crippen LogP contribution < -0.4 is 9.46 Å². The average molecular weight is 470 g/mol. The van der Waals surface area contributed by atoms with Crippen LogP contribution in [0.5, 0.6) is 5.75 Å². The van der Waals surface area contributed by atoms with Crippen LogP contribution in [-0.4, -0.2) is 20.6 Å². The highest BCUT2D eigenvalue weighted by Crippen LogP contribution is 2.42. The van der Waals surface area contributed by atoms with Crippen molar-refractivity contribution in [2.75, 3.05) is 4.72 Å². The maximum Gasteiger partial charge on any atom is 0.573 e. The van der Waals surface area contributed by atoms with Crippen LogP contribution in [-0.2, 0) is 10.0 Å². The van der Waals surface area contributed by atoms with Crippen molar-refractivity contribution in [2.24, 2.45) is 0 Å². The van der Waals surface area contributed by atoms with E-state index in [1.807, 2.05) is 0 Å². The van der Waals surface area contributed by atoms with E-state index in [0.29, 0.717) is 16.0 Å². The van der Waals surface area contributed by atoms with E-state index in [0.717, 1.165) is 23.5 Å². The molecule has 1 aromatic heterocycles. The Kier molecular flexibility index (Phi) is 6.42. The second kappa shape index (κ2) is 8.72. The molecular formula is C21H18F3NO4S2. The summed E-state index contributed by atoms with van der Waals surface area (Å²) in [6, 6.07) is 12.9. The molecule has 5 nitrogen and oxygen atoms in total. The summed E-state index contributed by atoms with van der Waals surface area (Å²) in [5.74, 6) is -0.623. The molecule has 10 heteroatoms. The second-order valence-electron chi connectivity index (χ2n) is 6.53. The van der Waals surface area contributed by atoms with Gasteiger partial charge in [-0.1, -0.05) is 25.1 Å². The standard InChI is InChI=1S/C21H18F3NO4S2/c1-3-17(26)20-18(25-31(27,28)16-7-5-4-6-8-16)13(2)19(30-20)14-9-11-15(12-10-14)29-21(22,23)24/h4-12,25H,3H2,1-2H3. The Labute approximate surface area is 181 Å². The Balaban J connectivity index is 2.03. The summed E-state index contributed by atoms with van der Waals surface area (Å²) in [4.78, 5) is 13.4. The number of thiophene rings is 1. The molecule has 0 atom stereocenters. The lowest BCUT2D eigenvalue weighted by Gasteiger charge is -2.10. The van der Waals surface area contributed by atoms with E-state index < -0.39 is 16.4 Å². The van der Waals surface area contributed by atoms with Crippen molar-refractivity contribution in [3.05, 3.63) is 65.0 Å². The monoisotopic (exact) mass is 469 g/mol. The van der Waals surface area contributed by atoms with Gasteiger partial charge in [-0.3, -0.25) is 9.52 Å². The normalized spacial score (nSPS) is 11.9. The lowest BCUT2D eigenvalue weighted by atomic mass is 10.1. The molecule has 0 unspecified atom stereocenters. The minimum Gasteiger partial charge on any atom is -0.406 e. The van der Waals surface area contributed by atoms with Crippen molar-refractivity contribution in [3.63, 3.8) is 0 Å². The van der Waals surface area contributed by atoms with E-state index in [4.69, 9.17) is 0 Å². The lowest BCUT2D eigenvalue weighted by Crippen LogP contribution is -2.16. The average Bonchev–Trinajstić information content (AvgIpc) is 3.03. The number of carbonyl (C=O) groups excluding carboxylic acids is 1. The predicted octanol–water partition coefficient (Wildman–Crippen LogP) is 6.02. The molecule has 0 aliphatic heterocycles. The number of nitrogens with one attached hydrogen (secondary N) is 1. The fourth-order valence-corrected chi connectivity index (χ4v) is 5.37. The number of hydrogen-bond donors (Lipinski definition) is 1. The number of benzene rings is 2. The highest BCUT2D eigenvalue weighted by Gasteiger charge is 2.31. The van der Waals surface area contributed by atoms with E-state index in [1.54, 1.807) is 32.0 Å². The molecule has 0 radical (unpaired) electrons. The Morgan fingerprint density at radius 3 is 2.23 bits per heavy atom. The zero-order chi connectivity index (χ0) is 22.8. The molecule has 0 spiro atoms. The first kappa shape index (κ1) is 22.8. The number of halogens is 3. The summed E-state index contributed by atoms with van der Waals surface area (Å²) in [5, 5.41) is 0.